The second-order valence-corrected chi connectivity index (χ2v) is 2.76. The van der Waals surface area contributed by atoms with Crippen LogP contribution in [-0.2, 0) is 9.53 Å². The van der Waals surface area contributed by atoms with E-state index in [1.54, 1.807) is 6.08 Å². The lowest BCUT2D eigenvalue weighted by Gasteiger charge is -2.03. The van der Waals surface area contributed by atoms with Crippen LogP contribution in [0, 0.1) is 0 Å². The normalized spacial score (nSPS) is 12.9. The van der Waals surface area contributed by atoms with Crippen LogP contribution in [0.1, 0.15) is 5.56 Å². The van der Waals surface area contributed by atoms with Gasteiger partial charge in [0.05, 0.1) is 0 Å². The van der Waals surface area contributed by atoms with E-state index in [1.807, 2.05) is 30.3 Å². The summed E-state index contributed by atoms with van der Waals surface area (Å²) < 4.78 is 4.75. The van der Waals surface area contributed by atoms with Crippen molar-refractivity contribution in [3.8, 4) is 0 Å². The van der Waals surface area contributed by atoms with Crippen molar-refractivity contribution in [2.24, 2.45) is 0 Å². The van der Waals surface area contributed by atoms with Gasteiger partial charge in [0.2, 0.25) is 0 Å². The Kier molecular flexibility index (Phi) is 3.88. The molecule has 0 aliphatic carbocycles. The Hall–Kier alpha value is -1.61. The quantitative estimate of drug-likeness (QED) is 0.791. The molecule has 0 aliphatic heterocycles. The predicted octanol–water partition coefficient (Wildman–Crippen LogP) is 1.80. The molecule has 1 N–H and O–H groups in total. The fourth-order valence-electron chi connectivity index (χ4n) is 1.02. The monoisotopic (exact) mass is 192 g/mol. The van der Waals surface area contributed by atoms with Crippen LogP contribution in [-0.4, -0.2) is 24.3 Å². The molecule has 0 saturated carbocycles. The summed E-state index contributed by atoms with van der Waals surface area (Å²) in [6.45, 7) is 0. The zero-order chi connectivity index (χ0) is 10.4. The Balaban J connectivity index is 2.67. The van der Waals surface area contributed by atoms with Crippen molar-refractivity contribution in [2.75, 3.05) is 7.11 Å². The highest BCUT2D eigenvalue weighted by atomic mass is 16.5. The number of aliphatic carboxylic acids is 1. The lowest BCUT2D eigenvalue weighted by molar-refractivity contribution is -0.145. The Morgan fingerprint density at radius 3 is 2.57 bits per heavy atom. The van der Waals surface area contributed by atoms with Gasteiger partial charge in [0.25, 0.3) is 0 Å². The van der Waals surface area contributed by atoms with Crippen molar-refractivity contribution in [1.29, 1.82) is 0 Å². The highest BCUT2D eigenvalue weighted by Crippen LogP contribution is 2.03. The molecule has 0 spiro atoms. The van der Waals surface area contributed by atoms with Crippen molar-refractivity contribution in [3.63, 3.8) is 0 Å². The minimum absolute atomic E-state index is 0.879. The summed E-state index contributed by atoms with van der Waals surface area (Å²) in [4.78, 5) is 10.6. The molecule has 0 amide bonds. The molecule has 1 rings (SSSR count). The molecule has 0 heterocycles. The molecule has 1 atom stereocenters. The van der Waals surface area contributed by atoms with Crippen LogP contribution < -0.4 is 0 Å². The van der Waals surface area contributed by atoms with E-state index in [0.717, 1.165) is 5.56 Å². The minimum Gasteiger partial charge on any atom is -0.479 e. The second-order valence-electron chi connectivity index (χ2n) is 2.76. The number of hydrogen-bond acceptors (Lipinski definition) is 2. The van der Waals surface area contributed by atoms with Crippen LogP contribution in [0.4, 0.5) is 0 Å². The maximum Gasteiger partial charge on any atom is 0.336 e. The molecule has 3 heteroatoms. The van der Waals surface area contributed by atoms with Crippen LogP contribution in [0.5, 0.6) is 0 Å². The summed E-state index contributed by atoms with van der Waals surface area (Å²) in [6, 6.07) is 9.48. The van der Waals surface area contributed by atoms with E-state index in [0.29, 0.717) is 0 Å². The van der Waals surface area contributed by atoms with Crippen molar-refractivity contribution in [1.82, 2.24) is 0 Å². The first-order valence-corrected chi connectivity index (χ1v) is 4.23. The highest BCUT2D eigenvalue weighted by Gasteiger charge is 2.10. The molecule has 0 unspecified atom stereocenters. The van der Waals surface area contributed by atoms with Crippen molar-refractivity contribution >= 4 is 12.0 Å². The topological polar surface area (TPSA) is 46.5 Å². The van der Waals surface area contributed by atoms with Gasteiger partial charge in [-0.1, -0.05) is 36.4 Å². The third kappa shape index (κ3) is 3.03. The largest absolute Gasteiger partial charge is 0.479 e. The lowest BCUT2D eigenvalue weighted by Crippen LogP contribution is -2.19. The smallest absolute Gasteiger partial charge is 0.336 e. The van der Waals surface area contributed by atoms with E-state index >= 15 is 0 Å². The van der Waals surface area contributed by atoms with E-state index in [4.69, 9.17) is 9.84 Å². The first-order chi connectivity index (χ1) is 6.74. The summed E-state index contributed by atoms with van der Waals surface area (Å²) >= 11 is 0. The fourth-order valence-corrected chi connectivity index (χ4v) is 1.02. The van der Waals surface area contributed by atoms with E-state index in [2.05, 4.69) is 0 Å². The Morgan fingerprint density at radius 1 is 1.43 bits per heavy atom. The number of carbonyl (C=O) groups is 1. The van der Waals surface area contributed by atoms with Crippen LogP contribution in [0.15, 0.2) is 36.4 Å². The predicted molar refractivity (Wildman–Crippen MR) is 53.9 cm³/mol. The molecule has 1 aromatic rings. The average molecular weight is 192 g/mol. The van der Waals surface area contributed by atoms with Crippen LogP contribution >= 0.6 is 0 Å². The van der Waals surface area contributed by atoms with Gasteiger partial charge in [0.1, 0.15) is 0 Å². The maximum atomic E-state index is 10.6. The molecule has 74 valence electrons. The third-order valence-electron chi connectivity index (χ3n) is 1.76. The molecule has 0 bridgehead atoms. The van der Waals surface area contributed by atoms with Gasteiger partial charge < -0.3 is 9.84 Å². The van der Waals surface area contributed by atoms with E-state index < -0.39 is 12.1 Å². The number of carboxylic acids is 1. The molecule has 1 aromatic carbocycles. The van der Waals surface area contributed by atoms with Crippen molar-refractivity contribution in [2.45, 2.75) is 6.10 Å². The zero-order valence-corrected chi connectivity index (χ0v) is 7.88. The fraction of sp³-hybridized carbons (Fsp3) is 0.182. The van der Waals surface area contributed by atoms with Gasteiger partial charge in [-0.3, -0.25) is 0 Å². The number of hydrogen-bond donors (Lipinski definition) is 1. The first-order valence-electron chi connectivity index (χ1n) is 4.23. The minimum atomic E-state index is -0.986. The van der Waals surface area contributed by atoms with E-state index in [1.165, 1.54) is 13.2 Å². The summed E-state index contributed by atoms with van der Waals surface area (Å²) in [5, 5.41) is 8.68. The van der Waals surface area contributed by atoms with Crippen molar-refractivity contribution < 1.29 is 14.6 Å². The number of carboxylic acid groups (broad SMARTS) is 1. The average Bonchev–Trinajstić information content (AvgIpc) is 2.20. The summed E-state index contributed by atoms with van der Waals surface area (Å²) in [7, 11) is 1.37. The highest BCUT2D eigenvalue weighted by molar-refractivity contribution is 5.76. The van der Waals surface area contributed by atoms with E-state index in [9.17, 15) is 4.79 Å². The number of benzene rings is 1. The van der Waals surface area contributed by atoms with Crippen LogP contribution in [0.3, 0.4) is 0 Å². The van der Waals surface area contributed by atoms with Gasteiger partial charge in [-0.2, -0.15) is 0 Å². The Labute approximate surface area is 82.6 Å². The third-order valence-corrected chi connectivity index (χ3v) is 1.76. The molecule has 14 heavy (non-hydrogen) atoms. The van der Waals surface area contributed by atoms with E-state index in [-0.39, 0.29) is 0 Å². The van der Waals surface area contributed by atoms with Gasteiger partial charge in [0.15, 0.2) is 6.10 Å². The second kappa shape index (κ2) is 5.19. The maximum absolute atomic E-state index is 10.6. The zero-order valence-electron chi connectivity index (χ0n) is 7.88. The van der Waals surface area contributed by atoms with Gasteiger partial charge in [-0.25, -0.2) is 4.79 Å². The number of ether oxygens (including phenoxy) is 1. The Morgan fingerprint density at radius 2 is 2.07 bits per heavy atom. The van der Waals surface area contributed by atoms with Gasteiger partial charge in [-0.15, -0.1) is 0 Å². The number of methoxy groups -OCH3 is 1. The lowest BCUT2D eigenvalue weighted by atomic mass is 10.2. The molecule has 0 radical (unpaired) electrons. The SMILES string of the molecule is CO[C@@H](C=Cc1ccccc1)C(=O)O. The number of rotatable bonds is 4. The van der Waals surface area contributed by atoms with Crippen LogP contribution in [0.2, 0.25) is 0 Å². The molecule has 0 fully saturated rings. The van der Waals surface area contributed by atoms with Crippen LogP contribution in [0.25, 0.3) is 6.08 Å². The summed E-state index contributed by atoms with van der Waals surface area (Å²) in [6.07, 6.45) is 2.36. The summed E-state index contributed by atoms with van der Waals surface area (Å²) in [5.41, 5.74) is 0.954. The summed E-state index contributed by atoms with van der Waals surface area (Å²) in [5.74, 6) is -0.986. The van der Waals surface area contributed by atoms with Gasteiger partial charge in [-0.05, 0) is 11.6 Å². The van der Waals surface area contributed by atoms with Crippen molar-refractivity contribution in [3.05, 3.63) is 42.0 Å². The molecule has 0 aliphatic rings. The molecular weight excluding hydrogens is 180 g/mol. The molecular formula is C11H12O3. The molecule has 3 nitrogen and oxygen atoms in total. The van der Waals surface area contributed by atoms with Gasteiger partial charge in [0, 0.05) is 7.11 Å². The van der Waals surface area contributed by atoms with Gasteiger partial charge >= 0.3 is 5.97 Å². The first kappa shape index (κ1) is 10.5. The molecule has 0 aromatic heterocycles. The Bertz CT molecular complexity index is 317. The standard InChI is InChI=1S/C11H12O3/c1-14-10(11(12)13)8-7-9-5-3-2-4-6-9/h2-8,10H,1H3,(H,12,13)/t10-/m0/s1. The molecule has 0 saturated heterocycles.